The van der Waals surface area contributed by atoms with Gasteiger partial charge in [0.1, 0.15) is 12.4 Å². The number of allylic oxidation sites excluding steroid dienone is 1. The molecule has 3 atom stereocenters. The van der Waals surface area contributed by atoms with E-state index in [9.17, 15) is 9.59 Å². The number of rotatable bonds is 4. The SMILES string of the molecule is C=CC[C@@H]1C[C@H]2CN(C(=O)OCc3ccccc3)C[C@@H]2C1=O. The van der Waals surface area contributed by atoms with Crippen LogP contribution in [0.3, 0.4) is 0 Å². The third kappa shape index (κ3) is 2.91. The first-order valence-electron chi connectivity index (χ1n) is 7.79. The van der Waals surface area contributed by atoms with E-state index in [1.807, 2.05) is 36.4 Å². The van der Waals surface area contributed by atoms with Gasteiger partial charge in [0.2, 0.25) is 0 Å². The lowest BCUT2D eigenvalue weighted by molar-refractivity contribution is -0.123. The number of ether oxygens (including phenoxy) is 1. The molecule has 1 heterocycles. The Kier molecular flexibility index (Phi) is 4.27. The maximum Gasteiger partial charge on any atom is 0.410 e. The molecule has 4 heteroatoms. The van der Waals surface area contributed by atoms with Crippen LogP contribution in [-0.2, 0) is 16.1 Å². The highest BCUT2D eigenvalue weighted by Gasteiger charge is 2.48. The quantitative estimate of drug-likeness (QED) is 0.803. The van der Waals surface area contributed by atoms with E-state index >= 15 is 0 Å². The van der Waals surface area contributed by atoms with E-state index in [0.717, 1.165) is 18.4 Å². The van der Waals surface area contributed by atoms with Crippen molar-refractivity contribution in [1.29, 1.82) is 0 Å². The number of fused-ring (bicyclic) bond motifs is 1. The Hall–Kier alpha value is -2.10. The summed E-state index contributed by atoms with van der Waals surface area (Å²) < 4.78 is 5.35. The molecule has 0 aromatic heterocycles. The Bertz CT molecular complexity index is 569. The van der Waals surface area contributed by atoms with E-state index in [-0.39, 0.29) is 24.5 Å². The number of nitrogens with zero attached hydrogens (tertiary/aromatic N) is 1. The summed E-state index contributed by atoms with van der Waals surface area (Å²) in [6.07, 6.45) is 3.13. The van der Waals surface area contributed by atoms with Gasteiger partial charge in [-0.2, -0.15) is 0 Å². The first kappa shape index (κ1) is 14.8. The first-order valence-corrected chi connectivity index (χ1v) is 7.79. The molecule has 1 saturated carbocycles. The van der Waals surface area contributed by atoms with Crippen LogP contribution >= 0.6 is 0 Å². The third-order valence-corrected chi connectivity index (χ3v) is 4.71. The summed E-state index contributed by atoms with van der Waals surface area (Å²) in [5.74, 6) is 0.689. The monoisotopic (exact) mass is 299 g/mol. The first-order chi connectivity index (χ1) is 10.7. The predicted molar refractivity (Wildman–Crippen MR) is 83.1 cm³/mol. The fourth-order valence-electron chi connectivity index (χ4n) is 3.59. The van der Waals surface area contributed by atoms with E-state index in [0.29, 0.717) is 24.8 Å². The molecule has 0 N–H and O–H groups in total. The van der Waals surface area contributed by atoms with Crippen molar-refractivity contribution in [3.8, 4) is 0 Å². The van der Waals surface area contributed by atoms with Crippen LogP contribution in [0.2, 0.25) is 0 Å². The van der Waals surface area contributed by atoms with Gasteiger partial charge in [0.05, 0.1) is 0 Å². The molecule has 1 aromatic carbocycles. The van der Waals surface area contributed by atoms with Gasteiger partial charge < -0.3 is 9.64 Å². The minimum absolute atomic E-state index is 0.00535. The molecular formula is C18H21NO3. The average Bonchev–Trinajstić information content (AvgIpc) is 3.07. The fourth-order valence-corrected chi connectivity index (χ4v) is 3.59. The van der Waals surface area contributed by atoms with Crippen molar-refractivity contribution in [3.05, 3.63) is 48.6 Å². The van der Waals surface area contributed by atoms with E-state index in [1.54, 1.807) is 4.90 Å². The molecule has 0 bridgehead atoms. The number of ketones is 1. The van der Waals surface area contributed by atoms with Crippen LogP contribution in [0.1, 0.15) is 18.4 Å². The van der Waals surface area contributed by atoms with Crippen molar-refractivity contribution in [2.75, 3.05) is 13.1 Å². The minimum atomic E-state index is -0.314. The smallest absolute Gasteiger partial charge is 0.410 e. The van der Waals surface area contributed by atoms with Gasteiger partial charge in [0.25, 0.3) is 0 Å². The third-order valence-electron chi connectivity index (χ3n) is 4.71. The van der Waals surface area contributed by atoms with Gasteiger partial charge in [-0.25, -0.2) is 4.79 Å². The molecule has 2 aliphatic rings. The van der Waals surface area contributed by atoms with E-state index in [2.05, 4.69) is 6.58 Å². The van der Waals surface area contributed by atoms with Gasteiger partial charge in [-0.05, 0) is 24.3 Å². The van der Waals surface area contributed by atoms with Crippen molar-refractivity contribution in [1.82, 2.24) is 4.90 Å². The predicted octanol–water partition coefficient (Wildman–Crippen LogP) is 3.04. The second-order valence-corrected chi connectivity index (χ2v) is 6.17. The molecule has 1 aromatic rings. The topological polar surface area (TPSA) is 46.6 Å². The second-order valence-electron chi connectivity index (χ2n) is 6.17. The van der Waals surface area contributed by atoms with Crippen molar-refractivity contribution in [2.24, 2.45) is 17.8 Å². The Morgan fingerprint density at radius 2 is 2.09 bits per heavy atom. The zero-order valence-corrected chi connectivity index (χ0v) is 12.6. The van der Waals surface area contributed by atoms with Crippen LogP contribution in [0, 0.1) is 17.8 Å². The summed E-state index contributed by atoms with van der Waals surface area (Å²) >= 11 is 0. The zero-order valence-electron chi connectivity index (χ0n) is 12.6. The largest absolute Gasteiger partial charge is 0.445 e. The van der Waals surface area contributed by atoms with Gasteiger partial charge >= 0.3 is 6.09 Å². The molecule has 3 rings (SSSR count). The van der Waals surface area contributed by atoms with Gasteiger partial charge in [-0.1, -0.05) is 36.4 Å². The van der Waals surface area contributed by atoms with Crippen LogP contribution in [0.15, 0.2) is 43.0 Å². The van der Waals surface area contributed by atoms with Crippen LogP contribution in [-0.4, -0.2) is 29.9 Å². The summed E-state index contributed by atoms with van der Waals surface area (Å²) in [7, 11) is 0. The molecule has 116 valence electrons. The number of carbonyl (C=O) groups excluding carboxylic acids is 2. The molecule has 2 fully saturated rings. The Labute approximate surface area is 130 Å². The highest BCUT2D eigenvalue weighted by Crippen LogP contribution is 2.40. The second kappa shape index (κ2) is 6.34. The number of amides is 1. The van der Waals surface area contributed by atoms with Crippen molar-refractivity contribution in [2.45, 2.75) is 19.4 Å². The lowest BCUT2D eigenvalue weighted by Crippen LogP contribution is -2.31. The molecule has 1 aliphatic carbocycles. The lowest BCUT2D eigenvalue weighted by atomic mass is 10.00. The van der Waals surface area contributed by atoms with Crippen LogP contribution < -0.4 is 0 Å². The van der Waals surface area contributed by atoms with E-state index in [4.69, 9.17) is 4.74 Å². The number of hydrogen-bond acceptors (Lipinski definition) is 3. The molecule has 1 amide bonds. The van der Waals surface area contributed by atoms with Gasteiger partial charge in [-0.3, -0.25) is 4.79 Å². The van der Waals surface area contributed by atoms with Crippen molar-refractivity contribution in [3.63, 3.8) is 0 Å². The van der Waals surface area contributed by atoms with Crippen LogP contribution in [0.5, 0.6) is 0 Å². The molecule has 1 saturated heterocycles. The molecular weight excluding hydrogens is 278 g/mol. The molecule has 0 radical (unpaired) electrons. The Morgan fingerprint density at radius 3 is 2.77 bits per heavy atom. The number of Topliss-reactive ketones (excluding diaryl/α,β-unsaturated/α-hetero) is 1. The normalized spacial score (nSPS) is 26.8. The highest BCUT2D eigenvalue weighted by molar-refractivity contribution is 5.87. The number of carbonyl (C=O) groups is 2. The van der Waals surface area contributed by atoms with Gasteiger partial charge in [0.15, 0.2) is 0 Å². The molecule has 0 spiro atoms. The lowest BCUT2D eigenvalue weighted by Gasteiger charge is -2.18. The molecule has 22 heavy (non-hydrogen) atoms. The standard InChI is InChI=1S/C18H21NO3/c1-2-6-14-9-15-10-19(11-16(15)17(14)20)18(21)22-12-13-7-4-3-5-8-13/h2-5,7-8,14-16H,1,6,9-12H2/t14-,15+,16+/m1/s1. The molecule has 0 unspecified atom stereocenters. The Balaban J connectivity index is 1.52. The van der Waals surface area contributed by atoms with Gasteiger partial charge in [0, 0.05) is 24.9 Å². The average molecular weight is 299 g/mol. The summed E-state index contributed by atoms with van der Waals surface area (Å²) in [6.45, 7) is 5.13. The number of likely N-dealkylation sites (tertiary alicyclic amines) is 1. The van der Waals surface area contributed by atoms with Crippen LogP contribution in [0.4, 0.5) is 4.79 Å². The Morgan fingerprint density at radius 1 is 1.32 bits per heavy atom. The molecule has 4 nitrogen and oxygen atoms in total. The summed E-state index contributed by atoms with van der Waals surface area (Å²) in [5.41, 5.74) is 0.970. The minimum Gasteiger partial charge on any atom is -0.445 e. The fraction of sp³-hybridized carbons (Fsp3) is 0.444. The van der Waals surface area contributed by atoms with E-state index < -0.39 is 0 Å². The van der Waals surface area contributed by atoms with Gasteiger partial charge in [-0.15, -0.1) is 6.58 Å². The molecule has 1 aliphatic heterocycles. The maximum absolute atomic E-state index is 12.3. The number of benzene rings is 1. The summed E-state index contributed by atoms with van der Waals surface area (Å²) in [6, 6.07) is 9.62. The summed E-state index contributed by atoms with van der Waals surface area (Å²) in [4.78, 5) is 26.1. The number of hydrogen-bond donors (Lipinski definition) is 0. The zero-order chi connectivity index (χ0) is 15.5. The summed E-state index contributed by atoms with van der Waals surface area (Å²) in [5, 5.41) is 0. The van der Waals surface area contributed by atoms with Crippen LogP contribution in [0.25, 0.3) is 0 Å². The van der Waals surface area contributed by atoms with Crippen molar-refractivity contribution < 1.29 is 14.3 Å². The highest BCUT2D eigenvalue weighted by atomic mass is 16.6. The maximum atomic E-state index is 12.3. The van der Waals surface area contributed by atoms with Crippen molar-refractivity contribution >= 4 is 11.9 Å². The van der Waals surface area contributed by atoms with E-state index in [1.165, 1.54) is 0 Å².